The number of carbonyl (C=O) groups is 1. The van der Waals surface area contributed by atoms with Crippen molar-refractivity contribution in [2.24, 2.45) is 12.0 Å². The zero-order chi connectivity index (χ0) is 14.0. The number of hydrogen-bond acceptors (Lipinski definition) is 1. The van der Waals surface area contributed by atoms with Crippen molar-refractivity contribution in [1.82, 2.24) is 4.57 Å². The van der Waals surface area contributed by atoms with Crippen molar-refractivity contribution in [2.75, 3.05) is 0 Å². The molecule has 4 heteroatoms. The van der Waals surface area contributed by atoms with Gasteiger partial charge in [-0.05, 0) is 55.8 Å². The highest BCUT2D eigenvalue weighted by Gasteiger charge is 2.04. The van der Waals surface area contributed by atoms with E-state index in [0.717, 1.165) is 15.7 Å². The van der Waals surface area contributed by atoms with Gasteiger partial charge in [0.15, 0.2) is 0 Å². The van der Waals surface area contributed by atoms with Crippen LogP contribution in [0.4, 0.5) is 0 Å². The number of nitrogens with zero attached hydrogens (tertiary/aromatic N) is 2. The van der Waals surface area contributed by atoms with E-state index >= 15 is 0 Å². The Morgan fingerprint density at radius 2 is 1.79 bits per heavy atom. The molecule has 0 unspecified atom stereocenters. The van der Waals surface area contributed by atoms with Crippen molar-refractivity contribution < 1.29 is 4.79 Å². The molecule has 98 valence electrons. The molecule has 0 bridgehead atoms. The van der Waals surface area contributed by atoms with Crippen LogP contribution in [0.1, 0.15) is 21.6 Å². The maximum absolute atomic E-state index is 12.1. The third-order valence-electron chi connectivity index (χ3n) is 2.97. The summed E-state index contributed by atoms with van der Waals surface area (Å²) in [6.45, 7) is 3.99. The van der Waals surface area contributed by atoms with Crippen LogP contribution >= 0.6 is 15.9 Å². The van der Waals surface area contributed by atoms with Crippen molar-refractivity contribution in [1.29, 1.82) is 0 Å². The fraction of sp³-hybridized carbons (Fsp3) is 0.200. The van der Waals surface area contributed by atoms with E-state index in [0.29, 0.717) is 11.1 Å². The first-order chi connectivity index (χ1) is 8.97. The monoisotopic (exact) mass is 318 g/mol. The normalized spacial score (nSPS) is 11.7. The summed E-state index contributed by atoms with van der Waals surface area (Å²) in [5.41, 5.74) is 3.42. The summed E-state index contributed by atoms with van der Waals surface area (Å²) < 4.78 is 2.85. The fourth-order valence-electron chi connectivity index (χ4n) is 1.82. The molecule has 0 aliphatic heterocycles. The number of aromatic nitrogens is 1. The first-order valence-corrected chi connectivity index (χ1v) is 6.75. The maximum Gasteiger partial charge on any atom is 0.278 e. The molecule has 0 spiro atoms. The molecule has 1 amide bonds. The maximum atomic E-state index is 12.1. The van der Waals surface area contributed by atoms with Crippen LogP contribution < -0.4 is 5.49 Å². The van der Waals surface area contributed by atoms with Gasteiger partial charge in [-0.1, -0.05) is 15.9 Å². The molecule has 1 heterocycles. The summed E-state index contributed by atoms with van der Waals surface area (Å²) in [7, 11) is 1.91. The van der Waals surface area contributed by atoms with Crippen LogP contribution in [0.2, 0.25) is 0 Å². The third-order valence-corrected chi connectivity index (χ3v) is 3.50. The average Bonchev–Trinajstić information content (AvgIpc) is 2.36. The minimum Gasteiger partial charge on any atom is -0.333 e. The smallest absolute Gasteiger partial charge is 0.278 e. The minimum absolute atomic E-state index is 0.229. The summed E-state index contributed by atoms with van der Waals surface area (Å²) in [4.78, 5) is 16.3. The fourth-order valence-corrected chi connectivity index (χ4v) is 2.08. The zero-order valence-corrected chi connectivity index (χ0v) is 12.7. The van der Waals surface area contributed by atoms with Crippen LogP contribution in [-0.2, 0) is 7.05 Å². The Morgan fingerprint density at radius 3 is 2.42 bits per heavy atom. The molecule has 0 aliphatic carbocycles. The highest BCUT2D eigenvalue weighted by atomic mass is 79.9. The Labute approximate surface area is 120 Å². The molecule has 0 radical (unpaired) electrons. The first kappa shape index (κ1) is 13.7. The molecule has 0 saturated heterocycles. The number of aryl methyl sites for hydroxylation is 2. The summed E-state index contributed by atoms with van der Waals surface area (Å²) in [5.74, 6) is -0.229. The number of halogens is 1. The topological polar surface area (TPSA) is 34.4 Å². The van der Waals surface area contributed by atoms with Gasteiger partial charge in [-0.15, -0.1) is 0 Å². The van der Waals surface area contributed by atoms with Gasteiger partial charge in [-0.3, -0.25) is 4.79 Å². The standard InChI is InChI=1S/C15H15BrN2O/c1-10-8-11(2)18(3)14(9-10)17-15(19)12-4-6-13(16)7-5-12/h4-9H,1-3H3. The Kier molecular flexibility index (Phi) is 4.00. The third kappa shape index (κ3) is 3.20. The number of hydrogen-bond donors (Lipinski definition) is 0. The first-order valence-electron chi connectivity index (χ1n) is 5.96. The van der Waals surface area contributed by atoms with E-state index in [-0.39, 0.29) is 5.91 Å². The number of benzene rings is 1. The van der Waals surface area contributed by atoms with Crippen LogP contribution in [0.5, 0.6) is 0 Å². The number of rotatable bonds is 1. The lowest BCUT2D eigenvalue weighted by molar-refractivity contribution is 0.0997. The van der Waals surface area contributed by atoms with Gasteiger partial charge in [0.25, 0.3) is 5.91 Å². The highest BCUT2D eigenvalue weighted by molar-refractivity contribution is 9.10. The second kappa shape index (κ2) is 5.53. The second-order valence-corrected chi connectivity index (χ2v) is 5.43. The molecule has 0 aliphatic rings. The van der Waals surface area contributed by atoms with Crippen molar-refractivity contribution in [2.45, 2.75) is 13.8 Å². The van der Waals surface area contributed by atoms with Gasteiger partial charge in [0.2, 0.25) is 0 Å². The molecule has 2 aromatic rings. The number of carbonyl (C=O) groups excluding carboxylic acids is 1. The predicted molar refractivity (Wildman–Crippen MR) is 78.9 cm³/mol. The van der Waals surface area contributed by atoms with Gasteiger partial charge in [-0.2, -0.15) is 4.99 Å². The number of amides is 1. The van der Waals surface area contributed by atoms with Gasteiger partial charge >= 0.3 is 0 Å². The van der Waals surface area contributed by atoms with E-state index < -0.39 is 0 Å². The number of pyridine rings is 1. The van der Waals surface area contributed by atoms with Crippen molar-refractivity contribution in [3.63, 3.8) is 0 Å². The van der Waals surface area contributed by atoms with E-state index in [1.165, 1.54) is 0 Å². The largest absolute Gasteiger partial charge is 0.333 e. The molecule has 0 N–H and O–H groups in total. The molecule has 19 heavy (non-hydrogen) atoms. The second-order valence-electron chi connectivity index (χ2n) is 4.52. The Hall–Kier alpha value is -1.68. The van der Waals surface area contributed by atoms with E-state index in [9.17, 15) is 4.79 Å². The summed E-state index contributed by atoms with van der Waals surface area (Å²) in [6.07, 6.45) is 0. The van der Waals surface area contributed by atoms with Crippen LogP contribution in [0.15, 0.2) is 45.9 Å². The molecule has 0 atom stereocenters. The minimum atomic E-state index is -0.229. The molecule has 3 nitrogen and oxygen atoms in total. The van der Waals surface area contributed by atoms with Gasteiger partial charge < -0.3 is 4.57 Å². The lowest BCUT2D eigenvalue weighted by atomic mass is 10.2. The van der Waals surface area contributed by atoms with Crippen LogP contribution in [0, 0.1) is 13.8 Å². The summed E-state index contributed by atoms with van der Waals surface area (Å²) in [6, 6.07) is 11.2. The average molecular weight is 319 g/mol. The highest BCUT2D eigenvalue weighted by Crippen LogP contribution is 2.11. The van der Waals surface area contributed by atoms with Gasteiger partial charge in [0.05, 0.1) is 0 Å². The zero-order valence-electron chi connectivity index (χ0n) is 11.1. The molecular weight excluding hydrogens is 304 g/mol. The quantitative estimate of drug-likeness (QED) is 0.795. The molecule has 2 rings (SSSR count). The summed E-state index contributed by atoms with van der Waals surface area (Å²) >= 11 is 3.35. The molecule has 0 fully saturated rings. The van der Waals surface area contributed by atoms with Gasteiger partial charge in [0, 0.05) is 22.8 Å². The predicted octanol–water partition coefficient (Wildman–Crippen LogP) is 3.15. The Bertz CT molecular complexity index is 684. The SMILES string of the molecule is Cc1cc(C)n(C)c(=NC(=O)c2ccc(Br)cc2)c1. The van der Waals surface area contributed by atoms with Crippen LogP contribution in [0.3, 0.4) is 0 Å². The molecular formula is C15H15BrN2O. The van der Waals surface area contributed by atoms with E-state index in [2.05, 4.69) is 27.0 Å². The molecule has 0 saturated carbocycles. The van der Waals surface area contributed by atoms with Crippen LogP contribution in [0.25, 0.3) is 0 Å². The lowest BCUT2D eigenvalue weighted by Crippen LogP contribution is -2.21. The van der Waals surface area contributed by atoms with E-state index in [4.69, 9.17) is 0 Å². The Balaban J connectivity index is 2.46. The van der Waals surface area contributed by atoms with Crippen LogP contribution in [-0.4, -0.2) is 10.5 Å². The summed E-state index contributed by atoms with van der Waals surface area (Å²) in [5, 5.41) is 0. The van der Waals surface area contributed by atoms with E-state index in [1.54, 1.807) is 12.1 Å². The van der Waals surface area contributed by atoms with Crippen molar-refractivity contribution in [3.8, 4) is 0 Å². The Morgan fingerprint density at radius 1 is 1.16 bits per heavy atom. The molecule has 1 aromatic carbocycles. The lowest BCUT2D eigenvalue weighted by Gasteiger charge is -2.06. The van der Waals surface area contributed by atoms with Crippen molar-refractivity contribution in [3.05, 3.63) is 63.2 Å². The van der Waals surface area contributed by atoms with Gasteiger partial charge in [0.1, 0.15) is 5.49 Å². The van der Waals surface area contributed by atoms with Gasteiger partial charge in [-0.25, -0.2) is 0 Å². The molecule has 1 aromatic heterocycles. The van der Waals surface area contributed by atoms with E-state index in [1.807, 2.05) is 43.7 Å². The van der Waals surface area contributed by atoms with Crippen molar-refractivity contribution >= 4 is 21.8 Å².